The summed E-state index contributed by atoms with van der Waals surface area (Å²) in [6.07, 6.45) is -2.90. The zero-order chi connectivity index (χ0) is 64.8. The van der Waals surface area contributed by atoms with Gasteiger partial charge in [0.2, 0.25) is 41.4 Å². The number of phenols is 1. The summed E-state index contributed by atoms with van der Waals surface area (Å²) in [5.74, 6) is -10.7. The molecule has 0 radical (unpaired) electrons. The van der Waals surface area contributed by atoms with Gasteiger partial charge in [-0.05, 0) is 73.4 Å². The topological polar surface area (TPSA) is 442 Å². The Labute approximate surface area is 509 Å². The van der Waals surface area contributed by atoms with Gasteiger partial charge in [-0.15, -0.1) is 0 Å². The number of guanidine groups is 1. The molecule has 476 valence electrons. The lowest BCUT2D eigenvalue weighted by atomic mass is 9.90. The maximum absolute atomic E-state index is 14.3. The second kappa shape index (κ2) is 33.6. The number of Topliss-reactive ketones (excluding diaryl/α,β-unsaturated/α-hetero) is 3. The molecule has 27 heteroatoms. The molecule has 2 heterocycles. The van der Waals surface area contributed by atoms with Crippen LogP contribution >= 0.6 is 0 Å². The number of primary amides is 2. The Balaban J connectivity index is 1.28. The number of aromatic amines is 1. The summed E-state index contributed by atoms with van der Waals surface area (Å²) in [4.78, 5) is 158. The molecule has 0 bridgehead atoms. The summed E-state index contributed by atoms with van der Waals surface area (Å²) in [6.45, 7) is 5.26. The number of para-hydroxylation sites is 1. The Morgan fingerprint density at radius 2 is 1.33 bits per heavy atom. The molecule has 10 atom stereocenters. The first-order valence-electron chi connectivity index (χ1n) is 29.1. The summed E-state index contributed by atoms with van der Waals surface area (Å²) in [5, 5.41) is 50.6. The number of H-pyrrole nitrogens is 1. The number of benzene rings is 3. The number of aliphatic hydroxyl groups is 2. The molecular formula is C61H83N13O14. The van der Waals surface area contributed by atoms with E-state index in [0.717, 1.165) is 21.4 Å². The predicted octanol–water partition coefficient (Wildman–Crippen LogP) is -0.688. The summed E-state index contributed by atoms with van der Waals surface area (Å²) >= 11 is 0. The fraction of sp³-hybridized carbons (Fsp3) is 0.475. The van der Waals surface area contributed by atoms with E-state index in [-0.39, 0.29) is 75.7 Å². The summed E-state index contributed by atoms with van der Waals surface area (Å²) in [5.41, 5.74) is 19.8. The Morgan fingerprint density at radius 3 is 1.97 bits per heavy atom. The molecule has 0 unspecified atom stereocenters. The molecule has 1 aromatic heterocycles. The van der Waals surface area contributed by atoms with Crippen LogP contribution in [0.2, 0.25) is 0 Å². The van der Waals surface area contributed by atoms with Crippen LogP contribution in [-0.4, -0.2) is 171 Å². The van der Waals surface area contributed by atoms with Gasteiger partial charge < -0.3 is 79.6 Å². The van der Waals surface area contributed by atoms with Gasteiger partial charge in [0, 0.05) is 82.2 Å². The molecule has 1 aliphatic heterocycles. The molecule has 1 aliphatic rings. The van der Waals surface area contributed by atoms with E-state index >= 15 is 0 Å². The van der Waals surface area contributed by atoms with E-state index in [1.807, 2.05) is 38.1 Å². The van der Waals surface area contributed by atoms with Crippen molar-refractivity contribution in [3.05, 3.63) is 102 Å². The van der Waals surface area contributed by atoms with Crippen molar-refractivity contribution in [2.45, 2.75) is 140 Å². The first-order valence-corrected chi connectivity index (χ1v) is 29.1. The van der Waals surface area contributed by atoms with E-state index < -0.39 is 144 Å². The molecule has 88 heavy (non-hydrogen) atoms. The molecule has 4 aromatic rings. The number of aromatic nitrogens is 1. The van der Waals surface area contributed by atoms with Crippen LogP contribution in [0.1, 0.15) is 89.3 Å². The zero-order valence-electron chi connectivity index (χ0n) is 50.1. The van der Waals surface area contributed by atoms with Crippen LogP contribution < -0.4 is 54.4 Å². The van der Waals surface area contributed by atoms with Crippen LogP contribution in [0, 0.1) is 17.8 Å². The molecular weight excluding hydrogens is 1140 g/mol. The number of fused-ring (bicyclic) bond motifs is 1. The Kier molecular flexibility index (Phi) is 26.6. The number of ketones is 3. The van der Waals surface area contributed by atoms with Gasteiger partial charge in [-0.1, -0.05) is 74.5 Å². The normalized spacial score (nSPS) is 16.8. The highest BCUT2D eigenvalue weighted by Gasteiger charge is 2.43. The number of rotatable bonds is 34. The second-order valence-electron chi connectivity index (χ2n) is 22.6. The highest BCUT2D eigenvalue weighted by atomic mass is 16.3. The van der Waals surface area contributed by atoms with Gasteiger partial charge in [-0.25, -0.2) is 4.79 Å². The van der Waals surface area contributed by atoms with E-state index in [1.165, 1.54) is 45.2 Å². The maximum atomic E-state index is 14.3. The second-order valence-corrected chi connectivity index (χ2v) is 22.6. The third kappa shape index (κ3) is 21.6. The fourth-order valence-electron chi connectivity index (χ4n) is 10.4. The zero-order valence-corrected chi connectivity index (χ0v) is 50.1. The number of likely N-dealkylation sites (tertiary alicyclic amines) is 1. The minimum Gasteiger partial charge on any atom is -0.508 e. The number of urea groups is 1. The van der Waals surface area contributed by atoms with Crippen LogP contribution in [0.4, 0.5) is 4.79 Å². The number of phenolic OH excluding ortho intramolecular Hbond substituents is 1. The predicted molar refractivity (Wildman–Crippen MR) is 324 cm³/mol. The van der Waals surface area contributed by atoms with E-state index in [2.05, 4.69) is 47.2 Å². The Bertz CT molecular complexity index is 3130. The summed E-state index contributed by atoms with van der Waals surface area (Å²) < 4.78 is 0. The third-order valence-corrected chi connectivity index (χ3v) is 15.0. The van der Waals surface area contributed by atoms with Crippen molar-refractivity contribution >= 4 is 81.6 Å². The number of nitrogens with zero attached hydrogens (tertiary/aromatic N) is 2. The average molecular weight is 1220 g/mol. The number of hydrogen-bond donors (Lipinski definition) is 14. The molecule has 0 saturated carbocycles. The Hall–Kier alpha value is -9.24. The summed E-state index contributed by atoms with van der Waals surface area (Å²) in [7, 11) is 1.50. The first kappa shape index (κ1) is 69.5. The number of carbonyl (C=O) groups is 11. The lowest BCUT2D eigenvalue weighted by molar-refractivity contribution is -0.142. The van der Waals surface area contributed by atoms with E-state index in [1.54, 1.807) is 36.5 Å². The fourth-order valence-corrected chi connectivity index (χ4v) is 10.4. The number of hydrogen-bond acceptors (Lipinski definition) is 15. The van der Waals surface area contributed by atoms with E-state index in [9.17, 15) is 68.1 Å². The van der Waals surface area contributed by atoms with Crippen LogP contribution in [0.5, 0.6) is 5.75 Å². The van der Waals surface area contributed by atoms with Gasteiger partial charge in [0.25, 0.3) is 0 Å². The lowest BCUT2D eigenvalue weighted by Gasteiger charge is -2.30. The number of carbonyl (C=O) groups excluding carboxylic acids is 11. The van der Waals surface area contributed by atoms with Gasteiger partial charge in [0.15, 0.2) is 23.3 Å². The number of nitrogens with one attached hydrogen (secondary N) is 8. The van der Waals surface area contributed by atoms with Crippen LogP contribution in [0.15, 0.2) is 90.1 Å². The monoisotopic (exact) mass is 1220 g/mol. The van der Waals surface area contributed by atoms with Crippen LogP contribution in [-0.2, 0) is 67.2 Å². The molecule has 1 saturated heterocycles. The molecule has 5 rings (SSSR count). The largest absolute Gasteiger partial charge is 0.508 e. The SMILES string of the molecule is CN=C(N)NCCC[C@H](CC(=O)[C@H](CC(C)C)NC(=O)NCC(=O)[C@H](Cc1ccccc1)NC(=O)[C@H](CC(=O)[C@H](CC(N)=O)NC(=O)[C@@H]1C[C@@H](O)CN1C(=O)[C@@H](Cc1ccc(O)cc1)NC(C)=O)[C@H](C)O)C(=O)N[C@@H](Cc1c[nH]c2ccccc12)C(N)=O. The minimum absolute atomic E-state index is 0.0400. The van der Waals surface area contributed by atoms with Crippen molar-refractivity contribution in [2.75, 3.05) is 26.7 Å². The number of nitrogens with two attached hydrogens (primary N) is 3. The van der Waals surface area contributed by atoms with Gasteiger partial charge in [-0.2, -0.15) is 0 Å². The number of aliphatic imine (C=N–C) groups is 1. The minimum atomic E-state index is -1.71. The molecule has 0 spiro atoms. The van der Waals surface area contributed by atoms with Crippen molar-refractivity contribution in [1.29, 1.82) is 0 Å². The van der Waals surface area contributed by atoms with E-state index in [4.69, 9.17) is 17.2 Å². The van der Waals surface area contributed by atoms with E-state index in [0.29, 0.717) is 17.5 Å². The van der Waals surface area contributed by atoms with Crippen molar-refractivity contribution in [3.63, 3.8) is 0 Å². The van der Waals surface area contributed by atoms with Gasteiger partial charge in [-0.3, -0.25) is 52.9 Å². The quantitative estimate of drug-likeness (QED) is 0.0156. The van der Waals surface area contributed by atoms with Crippen molar-refractivity contribution in [3.8, 4) is 5.75 Å². The van der Waals surface area contributed by atoms with Crippen molar-refractivity contribution in [2.24, 2.45) is 39.9 Å². The molecule has 9 amide bonds. The van der Waals surface area contributed by atoms with Gasteiger partial charge in [0.05, 0.1) is 49.2 Å². The highest BCUT2D eigenvalue weighted by Crippen LogP contribution is 2.24. The first-order chi connectivity index (χ1) is 41.7. The van der Waals surface area contributed by atoms with Crippen molar-refractivity contribution < 1.29 is 68.1 Å². The highest BCUT2D eigenvalue weighted by molar-refractivity contribution is 6.00. The molecule has 17 N–H and O–H groups in total. The Morgan fingerprint density at radius 1 is 0.693 bits per heavy atom. The maximum Gasteiger partial charge on any atom is 0.315 e. The lowest BCUT2D eigenvalue weighted by Crippen LogP contribution is -2.56. The van der Waals surface area contributed by atoms with Crippen LogP contribution in [0.25, 0.3) is 10.9 Å². The number of β-amino-alcohol motifs (C(OH)–C–C–N with tert-alkyl or cyclic N) is 1. The third-order valence-electron chi connectivity index (χ3n) is 15.0. The smallest absolute Gasteiger partial charge is 0.315 e. The average Bonchev–Trinajstić information content (AvgIpc) is 2.76. The molecule has 1 fully saturated rings. The van der Waals surface area contributed by atoms with Crippen LogP contribution in [0.3, 0.4) is 0 Å². The number of amides is 9. The number of aromatic hydroxyl groups is 1. The van der Waals surface area contributed by atoms with Crippen molar-refractivity contribution in [1.82, 2.24) is 47.1 Å². The molecule has 27 nitrogen and oxygen atoms in total. The molecule has 0 aliphatic carbocycles. The number of aliphatic hydroxyl groups excluding tert-OH is 2. The summed E-state index contributed by atoms with van der Waals surface area (Å²) in [6, 6.07) is 12.7. The van der Waals surface area contributed by atoms with Gasteiger partial charge in [0.1, 0.15) is 23.9 Å². The van der Waals surface area contributed by atoms with Gasteiger partial charge >= 0.3 is 6.03 Å². The molecule has 3 aromatic carbocycles. The standard InChI is InChI=1S/C61H83N13O14/c1-33(2)22-45(51(79)26-38(14-11-21-66-60(64)65-5)56(84)72-48(55(63)83)25-39-30-67-44-16-10-9-15-42(39)44)73-61(88)68-31-53(81)46(23-36-12-7-6-8-13-36)70-57(85)43(34(3)75)28-52(80)47(29-54(62)82)71-58(86)50-27-41(78)32-74(50)59(87)49(69-35(4)76)24-37-17-19-40(77)20-18-37/h6-10,12-13,15-20,30,33-34,38,41,43,45-50,67,75,77-78H,11,14,21-29,31-32H2,1-5H3,(H2,62,82)(H2,63,83)(H,69,76)(H,70,85)(H,71,86)(H,72,84)(H3,64,65,66)(H2,68,73,88)/t34-,38+,41+,43+,45-,46-,47-,48-,49+,50-/m0/s1.